The Hall–Kier alpha value is -0.170. The molecule has 0 aliphatic heterocycles. The molecule has 0 saturated carbocycles. The molecule has 1 heterocycles. The maximum absolute atomic E-state index is 6.25. The first-order valence-corrected chi connectivity index (χ1v) is 9.03. The summed E-state index contributed by atoms with van der Waals surface area (Å²) in [5, 5.41) is 7.69. The molecule has 2 nitrogen and oxygen atoms in total. The lowest BCUT2D eigenvalue weighted by molar-refractivity contribution is 0.528. The van der Waals surface area contributed by atoms with Crippen LogP contribution in [0.25, 0.3) is 0 Å². The Bertz CT molecular complexity index is 571. The third-order valence-corrected chi connectivity index (χ3v) is 5.59. The van der Waals surface area contributed by atoms with Gasteiger partial charge in [-0.2, -0.15) is 0 Å². The molecule has 5 heteroatoms. The molecule has 0 radical (unpaired) electrons. The van der Waals surface area contributed by atoms with Crippen LogP contribution in [0.2, 0.25) is 5.02 Å². The number of nitrogens with zero attached hydrogens (tertiary/aromatic N) is 1. The standard InChI is InChI=1S/C15H18ClIN2S/c1-3-6-18-14(8-15-19-10(2)9-20-15)11-4-5-13(17)12(16)7-11/h4-5,7,9,14,18H,3,6,8H2,1-2H3. The Kier molecular flexibility index (Phi) is 6.26. The Balaban J connectivity index is 2.19. The fraction of sp³-hybridized carbons (Fsp3) is 0.400. The van der Waals surface area contributed by atoms with E-state index in [2.05, 4.69) is 63.4 Å². The van der Waals surface area contributed by atoms with Crippen LogP contribution >= 0.6 is 45.5 Å². The molecule has 0 bridgehead atoms. The van der Waals surface area contributed by atoms with Crippen LogP contribution in [0.15, 0.2) is 23.6 Å². The van der Waals surface area contributed by atoms with Crippen LogP contribution in [0, 0.1) is 10.5 Å². The highest BCUT2D eigenvalue weighted by molar-refractivity contribution is 14.1. The number of aromatic nitrogens is 1. The van der Waals surface area contributed by atoms with Gasteiger partial charge in [-0.3, -0.25) is 0 Å². The summed E-state index contributed by atoms with van der Waals surface area (Å²) >= 11 is 10.2. The van der Waals surface area contributed by atoms with Gasteiger partial charge in [0.25, 0.3) is 0 Å². The van der Waals surface area contributed by atoms with Gasteiger partial charge in [0.2, 0.25) is 0 Å². The fourth-order valence-electron chi connectivity index (χ4n) is 2.03. The van der Waals surface area contributed by atoms with E-state index in [-0.39, 0.29) is 6.04 Å². The van der Waals surface area contributed by atoms with Crippen LogP contribution in [-0.4, -0.2) is 11.5 Å². The molecule has 108 valence electrons. The van der Waals surface area contributed by atoms with Crippen LogP contribution in [0.3, 0.4) is 0 Å². The number of nitrogens with one attached hydrogen (secondary N) is 1. The van der Waals surface area contributed by atoms with Crippen molar-refractivity contribution in [1.29, 1.82) is 0 Å². The average molecular weight is 421 g/mol. The molecule has 0 spiro atoms. The number of hydrogen-bond acceptors (Lipinski definition) is 3. The predicted octanol–water partition coefficient (Wildman–Crippen LogP) is 4.99. The Morgan fingerprint density at radius 1 is 1.45 bits per heavy atom. The molecule has 1 N–H and O–H groups in total. The van der Waals surface area contributed by atoms with E-state index >= 15 is 0 Å². The molecule has 0 fully saturated rings. The molecule has 1 atom stereocenters. The van der Waals surface area contributed by atoms with Crippen molar-refractivity contribution in [1.82, 2.24) is 10.3 Å². The highest BCUT2D eigenvalue weighted by Gasteiger charge is 2.14. The largest absolute Gasteiger partial charge is 0.310 e. The van der Waals surface area contributed by atoms with Gasteiger partial charge in [0.05, 0.1) is 10.0 Å². The van der Waals surface area contributed by atoms with Gasteiger partial charge in [-0.15, -0.1) is 11.3 Å². The lowest BCUT2D eigenvalue weighted by Crippen LogP contribution is -2.24. The molecule has 0 amide bonds. The summed E-state index contributed by atoms with van der Waals surface area (Å²) in [6.07, 6.45) is 2.03. The first-order chi connectivity index (χ1) is 9.60. The number of hydrogen-bond donors (Lipinski definition) is 1. The van der Waals surface area contributed by atoms with Crippen molar-refractivity contribution < 1.29 is 0 Å². The predicted molar refractivity (Wildman–Crippen MR) is 95.8 cm³/mol. The zero-order valence-corrected chi connectivity index (χ0v) is 15.3. The highest BCUT2D eigenvalue weighted by Crippen LogP contribution is 2.26. The molecule has 0 aliphatic carbocycles. The maximum Gasteiger partial charge on any atom is 0.0947 e. The van der Waals surface area contributed by atoms with Crippen molar-refractivity contribution in [2.24, 2.45) is 0 Å². The summed E-state index contributed by atoms with van der Waals surface area (Å²) in [7, 11) is 0. The zero-order chi connectivity index (χ0) is 14.5. The molecule has 0 aliphatic rings. The minimum absolute atomic E-state index is 0.273. The van der Waals surface area contributed by atoms with E-state index in [9.17, 15) is 0 Å². The number of rotatable bonds is 6. The minimum Gasteiger partial charge on any atom is -0.310 e. The van der Waals surface area contributed by atoms with Gasteiger partial charge in [-0.05, 0) is 60.2 Å². The number of aryl methyl sites for hydroxylation is 1. The number of thiazole rings is 1. The van der Waals surface area contributed by atoms with Crippen LogP contribution in [-0.2, 0) is 6.42 Å². The molecular weight excluding hydrogens is 403 g/mol. The van der Waals surface area contributed by atoms with Crippen molar-refractivity contribution in [3.05, 3.63) is 48.4 Å². The third kappa shape index (κ3) is 4.41. The van der Waals surface area contributed by atoms with Gasteiger partial charge in [0.15, 0.2) is 0 Å². The van der Waals surface area contributed by atoms with Crippen LogP contribution in [0.1, 0.15) is 35.7 Å². The van der Waals surface area contributed by atoms with Crippen molar-refractivity contribution in [2.45, 2.75) is 32.7 Å². The fourth-order valence-corrected chi connectivity index (χ4v) is 3.37. The summed E-state index contributed by atoms with van der Waals surface area (Å²) in [4.78, 5) is 4.57. The topological polar surface area (TPSA) is 24.9 Å². The first-order valence-electron chi connectivity index (χ1n) is 6.69. The monoisotopic (exact) mass is 420 g/mol. The quantitative estimate of drug-likeness (QED) is 0.666. The molecule has 2 aromatic rings. The second-order valence-corrected chi connectivity index (χ2v) is 7.28. The van der Waals surface area contributed by atoms with E-state index in [1.54, 1.807) is 11.3 Å². The number of benzene rings is 1. The molecule has 2 rings (SSSR count). The van der Waals surface area contributed by atoms with Gasteiger partial charge in [-0.25, -0.2) is 4.98 Å². The van der Waals surface area contributed by atoms with Crippen molar-refractivity contribution >= 4 is 45.5 Å². The smallest absolute Gasteiger partial charge is 0.0947 e. The lowest BCUT2D eigenvalue weighted by Gasteiger charge is -2.18. The molecular formula is C15H18ClIN2S. The second kappa shape index (κ2) is 7.73. The molecule has 0 saturated heterocycles. The Morgan fingerprint density at radius 3 is 2.85 bits per heavy atom. The summed E-state index contributed by atoms with van der Waals surface area (Å²) in [5.41, 5.74) is 2.33. The van der Waals surface area contributed by atoms with Crippen molar-refractivity contribution in [3.8, 4) is 0 Å². The van der Waals surface area contributed by atoms with Gasteiger partial charge in [-0.1, -0.05) is 24.6 Å². The summed E-state index contributed by atoms with van der Waals surface area (Å²) in [6.45, 7) is 5.22. The van der Waals surface area contributed by atoms with Gasteiger partial charge < -0.3 is 5.32 Å². The highest BCUT2D eigenvalue weighted by atomic mass is 127. The molecule has 1 aromatic carbocycles. The Morgan fingerprint density at radius 2 is 2.25 bits per heavy atom. The summed E-state index contributed by atoms with van der Waals surface area (Å²) in [6, 6.07) is 6.57. The van der Waals surface area contributed by atoms with Gasteiger partial charge in [0, 0.05) is 27.1 Å². The SMILES string of the molecule is CCCNC(Cc1nc(C)cs1)c1ccc(I)c(Cl)c1. The Labute approximate surface area is 143 Å². The lowest BCUT2D eigenvalue weighted by atomic mass is 10.0. The molecule has 20 heavy (non-hydrogen) atoms. The van der Waals surface area contributed by atoms with Gasteiger partial charge in [0.1, 0.15) is 0 Å². The van der Waals surface area contributed by atoms with Crippen LogP contribution in [0.4, 0.5) is 0 Å². The van der Waals surface area contributed by atoms with E-state index in [1.165, 1.54) is 10.6 Å². The second-order valence-electron chi connectivity index (χ2n) is 4.77. The number of halogens is 2. The van der Waals surface area contributed by atoms with E-state index in [0.29, 0.717) is 0 Å². The van der Waals surface area contributed by atoms with E-state index in [0.717, 1.165) is 33.7 Å². The summed E-state index contributed by atoms with van der Waals surface area (Å²) in [5.74, 6) is 0. The average Bonchev–Trinajstić information content (AvgIpc) is 2.83. The van der Waals surface area contributed by atoms with Crippen LogP contribution in [0.5, 0.6) is 0 Å². The van der Waals surface area contributed by atoms with Crippen molar-refractivity contribution in [2.75, 3.05) is 6.54 Å². The minimum atomic E-state index is 0.273. The molecule has 1 aromatic heterocycles. The summed E-state index contributed by atoms with van der Waals surface area (Å²) < 4.78 is 1.09. The van der Waals surface area contributed by atoms with E-state index in [4.69, 9.17) is 11.6 Å². The maximum atomic E-state index is 6.25. The van der Waals surface area contributed by atoms with Gasteiger partial charge >= 0.3 is 0 Å². The van der Waals surface area contributed by atoms with Crippen molar-refractivity contribution in [3.63, 3.8) is 0 Å². The zero-order valence-electron chi connectivity index (χ0n) is 11.6. The molecule has 1 unspecified atom stereocenters. The van der Waals surface area contributed by atoms with E-state index in [1.807, 2.05) is 6.92 Å². The van der Waals surface area contributed by atoms with Crippen LogP contribution < -0.4 is 5.32 Å². The first kappa shape index (κ1) is 16.2. The van der Waals surface area contributed by atoms with E-state index < -0.39 is 0 Å². The third-order valence-electron chi connectivity index (χ3n) is 3.03. The normalized spacial score (nSPS) is 12.6.